The monoisotopic (exact) mass is 271 g/mol. The zero-order valence-electron chi connectivity index (χ0n) is 11.8. The van der Waals surface area contributed by atoms with Crippen molar-refractivity contribution < 1.29 is 9.36 Å². The standard InChI is InChI=1S/C15H18N4O/c1-12-14(16-11-17(12)2)10-18-8-9-19(15(18)20)13-6-4-3-5-7-13/h3-7,11H,8-10H2,1-2H3/p+1. The zero-order valence-corrected chi connectivity index (χ0v) is 11.8. The van der Waals surface area contributed by atoms with Gasteiger partial charge in [0.05, 0.1) is 13.6 Å². The van der Waals surface area contributed by atoms with Crippen molar-refractivity contribution in [2.75, 3.05) is 18.0 Å². The van der Waals surface area contributed by atoms with Crippen LogP contribution in [-0.4, -0.2) is 29.0 Å². The summed E-state index contributed by atoms with van der Waals surface area (Å²) in [7, 11) is 2.00. The number of urea groups is 1. The number of imidazole rings is 1. The van der Waals surface area contributed by atoms with Gasteiger partial charge in [-0.15, -0.1) is 0 Å². The van der Waals surface area contributed by atoms with E-state index in [2.05, 4.69) is 11.9 Å². The summed E-state index contributed by atoms with van der Waals surface area (Å²) >= 11 is 0. The van der Waals surface area contributed by atoms with Crippen molar-refractivity contribution in [2.45, 2.75) is 13.5 Å². The van der Waals surface area contributed by atoms with Gasteiger partial charge in [0.2, 0.25) is 6.33 Å². The summed E-state index contributed by atoms with van der Waals surface area (Å²) in [4.78, 5) is 19.4. The number of para-hydroxylation sites is 1. The lowest BCUT2D eigenvalue weighted by Crippen LogP contribution is -2.32. The number of anilines is 1. The van der Waals surface area contributed by atoms with Crippen LogP contribution in [0.25, 0.3) is 0 Å². The van der Waals surface area contributed by atoms with Gasteiger partial charge in [0.1, 0.15) is 5.69 Å². The Morgan fingerprint density at radius 1 is 1.25 bits per heavy atom. The maximum Gasteiger partial charge on any atom is 0.325 e. The first-order valence-corrected chi connectivity index (χ1v) is 6.81. The number of benzene rings is 1. The lowest BCUT2D eigenvalue weighted by Gasteiger charge is -2.17. The van der Waals surface area contributed by atoms with Crippen LogP contribution in [0.5, 0.6) is 0 Å². The van der Waals surface area contributed by atoms with E-state index in [0.29, 0.717) is 6.54 Å². The van der Waals surface area contributed by atoms with Crippen molar-refractivity contribution in [3.63, 3.8) is 0 Å². The number of aromatic amines is 1. The lowest BCUT2D eigenvalue weighted by atomic mass is 10.3. The Kier molecular flexibility index (Phi) is 3.18. The number of nitrogens with one attached hydrogen (secondary N) is 1. The van der Waals surface area contributed by atoms with Gasteiger partial charge in [-0.2, -0.15) is 0 Å². The molecule has 0 aliphatic carbocycles. The number of rotatable bonds is 3. The first-order valence-electron chi connectivity index (χ1n) is 6.81. The van der Waals surface area contributed by atoms with Gasteiger partial charge >= 0.3 is 6.03 Å². The van der Waals surface area contributed by atoms with Gasteiger partial charge in [-0.05, 0) is 12.1 Å². The van der Waals surface area contributed by atoms with Crippen LogP contribution in [0.1, 0.15) is 11.4 Å². The number of carbonyl (C=O) groups is 1. The van der Waals surface area contributed by atoms with E-state index in [0.717, 1.165) is 30.2 Å². The molecule has 0 atom stereocenters. The molecule has 1 N–H and O–H groups in total. The average Bonchev–Trinajstić information content (AvgIpc) is 2.98. The Morgan fingerprint density at radius 2 is 2.00 bits per heavy atom. The minimum absolute atomic E-state index is 0.0767. The van der Waals surface area contributed by atoms with Crippen molar-refractivity contribution in [2.24, 2.45) is 7.05 Å². The molecular formula is C15H19N4O+. The molecule has 0 radical (unpaired) electrons. The molecule has 1 aromatic carbocycles. The van der Waals surface area contributed by atoms with Crippen molar-refractivity contribution in [3.8, 4) is 0 Å². The van der Waals surface area contributed by atoms with Crippen LogP contribution in [0.3, 0.4) is 0 Å². The van der Waals surface area contributed by atoms with E-state index in [4.69, 9.17) is 0 Å². The molecule has 0 spiro atoms. The molecule has 5 heteroatoms. The molecule has 1 saturated heterocycles. The second-order valence-electron chi connectivity index (χ2n) is 5.14. The van der Waals surface area contributed by atoms with Crippen LogP contribution in [0, 0.1) is 6.92 Å². The summed E-state index contributed by atoms with van der Waals surface area (Å²) in [6, 6.07) is 9.90. The fourth-order valence-corrected chi connectivity index (χ4v) is 2.52. The van der Waals surface area contributed by atoms with Crippen LogP contribution in [0.2, 0.25) is 0 Å². The van der Waals surface area contributed by atoms with E-state index < -0.39 is 0 Å². The van der Waals surface area contributed by atoms with E-state index in [1.807, 2.05) is 58.1 Å². The maximum absolute atomic E-state index is 12.5. The molecule has 5 nitrogen and oxygen atoms in total. The van der Waals surface area contributed by atoms with Crippen molar-refractivity contribution in [1.29, 1.82) is 0 Å². The second kappa shape index (κ2) is 5.00. The molecular weight excluding hydrogens is 252 g/mol. The summed E-state index contributed by atoms with van der Waals surface area (Å²) in [6.07, 6.45) is 1.92. The Bertz CT molecular complexity index is 620. The highest BCUT2D eigenvalue weighted by molar-refractivity contribution is 5.94. The Labute approximate surface area is 118 Å². The molecule has 2 heterocycles. The van der Waals surface area contributed by atoms with Gasteiger partial charge in [-0.3, -0.25) is 4.90 Å². The number of aryl methyl sites for hydroxylation is 1. The van der Waals surface area contributed by atoms with E-state index >= 15 is 0 Å². The Morgan fingerprint density at radius 3 is 2.65 bits per heavy atom. The van der Waals surface area contributed by atoms with Gasteiger partial charge in [0, 0.05) is 25.7 Å². The molecule has 0 bridgehead atoms. The fraction of sp³-hybridized carbons (Fsp3) is 0.333. The molecule has 0 unspecified atom stereocenters. The molecule has 1 aliphatic rings. The molecule has 1 aliphatic heterocycles. The van der Waals surface area contributed by atoms with Gasteiger partial charge < -0.3 is 4.90 Å². The van der Waals surface area contributed by atoms with Crippen LogP contribution in [-0.2, 0) is 13.6 Å². The summed E-state index contributed by atoms with van der Waals surface area (Å²) in [5.74, 6) is 0. The SMILES string of the molecule is Cc1c(CN2CCN(c3ccccc3)C2=O)[nH]c[n+]1C. The van der Waals surface area contributed by atoms with Crippen molar-refractivity contribution >= 4 is 11.7 Å². The molecule has 2 aromatic rings. The Hall–Kier alpha value is -2.30. The van der Waals surface area contributed by atoms with Crippen LogP contribution >= 0.6 is 0 Å². The molecule has 1 fully saturated rings. The number of hydrogen-bond donors (Lipinski definition) is 1. The van der Waals surface area contributed by atoms with Gasteiger partial charge in [0.15, 0.2) is 5.69 Å². The third-order valence-electron chi connectivity index (χ3n) is 3.91. The number of aromatic nitrogens is 2. The maximum atomic E-state index is 12.5. The molecule has 0 saturated carbocycles. The molecule has 1 aromatic heterocycles. The number of H-pyrrole nitrogens is 1. The zero-order chi connectivity index (χ0) is 14.1. The quantitative estimate of drug-likeness (QED) is 0.846. The lowest BCUT2D eigenvalue weighted by molar-refractivity contribution is -0.676. The van der Waals surface area contributed by atoms with Gasteiger partial charge in [-0.1, -0.05) is 18.2 Å². The fourth-order valence-electron chi connectivity index (χ4n) is 2.52. The summed E-state index contributed by atoms with van der Waals surface area (Å²) in [5.41, 5.74) is 3.22. The number of nitrogens with zero attached hydrogens (tertiary/aromatic N) is 3. The van der Waals surface area contributed by atoms with E-state index in [1.54, 1.807) is 0 Å². The van der Waals surface area contributed by atoms with E-state index in [9.17, 15) is 4.79 Å². The predicted molar refractivity (Wildman–Crippen MR) is 76.3 cm³/mol. The molecule has 20 heavy (non-hydrogen) atoms. The van der Waals surface area contributed by atoms with Crippen molar-refractivity contribution in [3.05, 3.63) is 48.0 Å². The van der Waals surface area contributed by atoms with Crippen LogP contribution < -0.4 is 9.47 Å². The van der Waals surface area contributed by atoms with Crippen molar-refractivity contribution in [1.82, 2.24) is 9.88 Å². The second-order valence-corrected chi connectivity index (χ2v) is 5.14. The topological polar surface area (TPSA) is 43.2 Å². The third kappa shape index (κ3) is 2.15. The first kappa shape index (κ1) is 12.7. The minimum atomic E-state index is 0.0767. The molecule has 2 amide bonds. The minimum Gasteiger partial charge on any atom is -0.314 e. The summed E-state index contributed by atoms with van der Waals surface area (Å²) in [6.45, 7) is 4.20. The largest absolute Gasteiger partial charge is 0.325 e. The summed E-state index contributed by atoms with van der Waals surface area (Å²) < 4.78 is 2.03. The van der Waals surface area contributed by atoms with Crippen LogP contribution in [0.4, 0.5) is 10.5 Å². The molecule has 104 valence electrons. The number of amides is 2. The highest BCUT2D eigenvalue weighted by atomic mass is 16.2. The van der Waals surface area contributed by atoms with Gasteiger partial charge in [-0.25, -0.2) is 14.3 Å². The summed E-state index contributed by atoms with van der Waals surface area (Å²) in [5, 5.41) is 0. The number of carbonyl (C=O) groups excluding carboxylic acids is 1. The average molecular weight is 271 g/mol. The first-order chi connectivity index (χ1) is 9.66. The van der Waals surface area contributed by atoms with Gasteiger partial charge in [0.25, 0.3) is 0 Å². The van der Waals surface area contributed by atoms with E-state index in [1.165, 1.54) is 0 Å². The highest BCUT2D eigenvalue weighted by Crippen LogP contribution is 2.21. The van der Waals surface area contributed by atoms with Crippen LogP contribution in [0.15, 0.2) is 36.7 Å². The molecule has 3 rings (SSSR count). The predicted octanol–water partition coefficient (Wildman–Crippen LogP) is 1.59. The Balaban J connectivity index is 1.75. The van der Waals surface area contributed by atoms with E-state index in [-0.39, 0.29) is 6.03 Å². The third-order valence-corrected chi connectivity index (χ3v) is 3.91. The highest BCUT2D eigenvalue weighted by Gasteiger charge is 2.31. The normalized spacial score (nSPS) is 15.2. The smallest absolute Gasteiger partial charge is 0.314 e. The number of hydrogen-bond acceptors (Lipinski definition) is 1.